The van der Waals surface area contributed by atoms with Gasteiger partial charge in [-0.2, -0.15) is 0 Å². The van der Waals surface area contributed by atoms with Gasteiger partial charge in [-0.1, -0.05) is 11.6 Å². The highest BCUT2D eigenvalue weighted by molar-refractivity contribution is 6.32. The van der Waals surface area contributed by atoms with Crippen molar-refractivity contribution < 1.29 is 9.50 Å². The Morgan fingerprint density at radius 2 is 2.10 bits per heavy atom. The van der Waals surface area contributed by atoms with E-state index in [1.165, 1.54) is 6.07 Å². The molecule has 0 atom stereocenters. The van der Waals surface area contributed by atoms with Gasteiger partial charge in [0, 0.05) is 0 Å². The summed E-state index contributed by atoms with van der Waals surface area (Å²) in [5, 5.41) is 8.97. The van der Waals surface area contributed by atoms with E-state index >= 15 is 0 Å². The number of halogens is 2. The zero-order valence-corrected chi connectivity index (χ0v) is 6.11. The second-order valence-electron chi connectivity index (χ2n) is 2.05. The third-order valence-electron chi connectivity index (χ3n) is 1.23. The number of aromatic hydroxyl groups is 1. The molecular formula is C7H6ClFO. The molecule has 0 aliphatic heterocycles. The van der Waals surface area contributed by atoms with Gasteiger partial charge in [-0.25, -0.2) is 4.39 Å². The minimum absolute atomic E-state index is 0.0445. The molecule has 0 aliphatic carbocycles. The van der Waals surface area contributed by atoms with Crippen LogP contribution in [0.4, 0.5) is 4.39 Å². The smallest absolute Gasteiger partial charge is 0.134 e. The monoisotopic (exact) mass is 160 g/mol. The van der Waals surface area contributed by atoms with Crippen LogP contribution in [0.2, 0.25) is 5.02 Å². The van der Waals surface area contributed by atoms with Crippen molar-refractivity contribution in [3.63, 3.8) is 0 Å². The average Bonchev–Trinajstić information content (AvgIpc) is 1.84. The SMILES string of the molecule is Cc1cc(O)c(Cl)cc1F. The van der Waals surface area contributed by atoms with Crippen LogP contribution in [0, 0.1) is 12.7 Å². The van der Waals surface area contributed by atoms with Crippen LogP contribution in [0.1, 0.15) is 5.56 Å². The molecule has 1 N–H and O–H groups in total. The van der Waals surface area contributed by atoms with E-state index in [9.17, 15) is 4.39 Å². The molecule has 1 rings (SSSR count). The van der Waals surface area contributed by atoms with Gasteiger partial charge in [0.05, 0.1) is 5.02 Å². The van der Waals surface area contributed by atoms with Crippen LogP contribution < -0.4 is 0 Å². The molecule has 0 spiro atoms. The van der Waals surface area contributed by atoms with E-state index < -0.39 is 5.82 Å². The van der Waals surface area contributed by atoms with Crippen molar-refractivity contribution >= 4 is 11.6 Å². The Hall–Kier alpha value is -0.760. The molecule has 0 unspecified atom stereocenters. The molecule has 54 valence electrons. The van der Waals surface area contributed by atoms with E-state index in [1.54, 1.807) is 6.92 Å². The van der Waals surface area contributed by atoms with Gasteiger partial charge in [0.15, 0.2) is 0 Å². The molecule has 0 bridgehead atoms. The molecule has 10 heavy (non-hydrogen) atoms. The molecule has 0 aliphatic rings. The maximum Gasteiger partial charge on any atom is 0.134 e. The van der Waals surface area contributed by atoms with Crippen molar-refractivity contribution in [3.8, 4) is 5.75 Å². The summed E-state index contributed by atoms with van der Waals surface area (Å²) in [7, 11) is 0. The van der Waals surface area contributed by atoms with Crippen LogP contribution in [0.5, 0.6) is 5.75 Å². The van der Waals surface area contributed by atoms with Gasteiger partial charge in [0.25, 0.3) is 0 Å². The van der Waals surface area contributed by atoms with Crippen LogP contribution >= 0.6 is 11.6 Å². The molecule has 1 aromatic rings. The Labute approximate surface area is 63.1 Å². The first-order valence-electron chi connectivity index (χ1n) is 2.76. The lowest BCUT2D eigenvalue weighted by molar-refractivity contribution is 0.472. The summed E-state index contributed by atoms with van der Waals surface area (Å²) in [5.41, 5.74) is 0.391. The average molecular weight is 161 g/mol. The number of phenols is 1. The molecule has 3 heteroatoms. The molecule has 1 aromatic carbocycles. The van der Waals surface area contributed by atoms with Crippen molar-refractivity contribution in [2.45, 2.75) is 6.92 Å². The lowest BCUT2D eigenvalue weighted by Crippen LogP contribution is -1.80. The van der Waals surface area contributed by atoms with Crippen LogP contribution in [-0.4, -0.2) is 5.11 Å². The normalized spacial score (nSPS) is 9.90. The lowest BCUT2D eigenvalue weighted by atomic mass is 10.2. The van der Waals surface area contributed by atoms with Gasteiger partial charge >= 0.3 is 0 Å². The second kappa shape index (κ2) is 2.46. The number of hydrogen-bond acceptors (Lipinski definition) is 1. The van der Waals surface area contributed by atoms with Crippen LogP contribution in [0.3, 0.4) is 0 Å². The molecule has 0 heterocycles. The number of aryl methyl sites for hydroxylation is 1. The lowest BCUT2D eigenvalue weighted by Gasteiger charge is -1.98. The third-order valence-corrected chi connectivity index (χ3v) is 1.53. The van der Waals surface area contributed by atoms with Crippen molar-refractivity contribution in [2.75, 3.05) is 0 Å². The molecule has 1 nitrogen and oxygen atoms in total. The quantitative estimate of drug-likeness (QED) is 0.618. The van der Waals surface area contributed by atoms with Crippen molar-refractivity contribution in [1.29, 1.82) is 0 Å². The van der Waals surface area contributed by atoms with Gasteiger partial charge in [0.2, 0.25) is 0 Å². The number of hydrogen-bond donors (Lipinski definition) is 1. The summed E-state index contributed by atoms with van der Waals surface area (Å²) < 4.78 is 12.6. The Morgan fingerprint density at radius 1 is 1.50 bits per heavy atom. The Morgan fingerprint density at radius 3 is 2.60 bits per heavy atom. The van der Waals surface area contributed by atoms with E-state index in [-0.39, 0.29) is 10.8 Å². The molecule has 0 saturated heterocycles. The molecule has 0 amide bonds. The second-order valence-corrected chi connectivity index (χ2v) is 2.46. The molecule has 0 saturated carbocycles. The first kappa shape index (κ1) is 7.35. The summed E-state index contributed by atoms with van der Waals surface area (Å²) in [6.45, 7) is 1.56. The minimum atomic E-state index is -0.400. The van der Waals surface area contributed by atoms with Crippen molar-refractivity contribution in [2.24, 2.45) is 0 Å². The zero-order chi connectivity index (χ0) is 7.72. The van der Waals surface area contributed by atoms with Gasteiger partial charge in [0.1, 0.15) is 11.6 Å². The fourth-order valence-electron chi connectivity index (χ4n) is 0.642. The predicted molar refractivity (Wildman–Crippen MR) is 37.8 cm³/mol. The van der Waals surface area contributed by atoms with E-state index in [2.05, 4.69) is 0 Å². The number of phenolic OH excluding ortho intramolecular Hbond substituents is 1. The first-order valence-corrected chi connectivity index (χ1v) is 3.13. The van der Waals surface area contributed by atoms with Crippen LogP contribution in [0.25, 0.3) is 0 Å². The Kier molecular flexibility index (Phi) is 1.81. The highest BCUT2D eigenvalue weighted by atomic mass is 35.5. The number of rotatable bonds is 0. The molecule has 0 fully saturated rings. The maximum atomic E-state index is 12.6. The van der Waals surface area contributed by atoms with Gasteiger partial charge < -0.3 is 5.11 Å². The largest absolute Gasteiger partial charge is 0.506 e. The summed E-state index contributed by atoms with van der Waals surface area (Å²) in [5.74, 6) is -0.483. The molecule has 0 aromatic heterocycles. The molecule has 0 radical (unpaired) electrons. The zero-order valence-electron chi connectivity index (χ0n) is 5.36. The van der Waals surface area contributed by atoms with E-state index in [0.29, 0.717) is 5.56 Å². The molecular weight excluding hydrogens is 155 g/mol. The Bertz CT molecular complexity index is 210. The van der Waals surface area contributed by atoms with Gasteiger partial charge in [-0.15, -0.1) is 0 Å². The van der Waals surface area contributed by atoms with E-state index in [1.807, 2.05) is 0 Å². The standard InChI is InChI=1S/C7H6ClFO/c1-4-2-7(10)5(8)3-6(4)9/h2-3,10H,1H3. The minimum Gasteiger partial charge on any atom is -0.506 e. The highest BCUT2D eigenvalue weighted by Gasteiger charge is 2.02. The van der Waals surface area contributed by atoms with Crippen molar-refractivity contribution in [1.82, 2.24) is 0 Å². The fraction of sp³-hybridized carbons (Fsp3) is 0.143. The Balaban J connectivity index is 3.28. The summed E-state index contributed by atoms with van der Waals surface area (Å²) in [6, 6.07) is 2.38. The number of benzene rings is 1. The summed E-state index contributed by atoms with van der Waals surface area (Å²) in [4.78, 5) is 0. The summed E-state index contributed by atoms with van der Waals surface area (Å²) >= 11 is 5.40. The van der Waals surface area contributed by atoms with Crippen molar-refractivity contribution in [3.05, 3.63) is 28.5 Å². The highest BCUT2D eigenvalue weighted by Crippen LogP contribution is 2.25. The third kappa shape index (κ3) is 1.21. The van der Waals surface area contributed by atoms with E-state index in [0.717, 1.165) is 6.07 Å². The van der Waals surface area contributed by atoms with Crippen LogP contribution in [0.15, 0.2) is 12.1 Å². The van der Waals surface area contributed by atoms with E-state index in [4.69, 9.17) is 16.7 Å². The maximum absolute atomic E-state index is 12.6. The van der Waals surface area contributed by atoms with Gasteiger partial charge in [-0.3, -0.25) is 0 Å². The summed E-state index contributed by atoms with van der Waals surface area (Å²) in [6.07, 6.45) is 0. The predicted octanol–water partition coefficient (Wildman–Crippen LogP) is 2.49. The van der Waals surface area contributed by atoms with Gasteiger partial charge in [-0.05, 0) is 24.6 Å². The topological polar surface area (TPSA) is 20.2 Å². The van der Waals surface area contributed by atoms with Crippen LogP contribution in [-0.2, 0) is 0 Å². The first-order chi connectivity index (χ1) is 4.61. The fourth-order valence-corrected chi connectivity index (χ4v) is 0.792.